The summed E-state index contributed by atoms with van der Waals surface area (Å²) < 4.78 is 38.3. The predicted octanol–water partition coefficient (Wildman–Crippen LogP) is 3.76. The van der Waals surface area contributed by atoms with Gasteiger partial charge in [0, 0.05) is 38.4 Å². The molecule has 1 aliphatic heterocycles. The molecule has 1 aliphatic rings. The van der Waals surface area contributed by atoms with Gasteiger partial charge in [-0.1, -0.05) is 24.3 Å². The van der Waals surface area contributed by atoms with Crippen molar-refractivity contribution in [3.63, 3.8) is 0 Å². The summed E-state index contributed by atoms with van der Waals surface area (Å²) in [5.74, 6) is -0.178. The van der Waals surface area contributed by atoms with Crippen molar-refractivity contribution in [1.29, 1.82) is 0 Å². The fourth-order valence-corrected chi connectivity index (χ4v) is 3.54. The Hall–Kier alpha value is -2.54. The van der Waals surface area contributed by atoms with E-state index < -0.39 is 11.7 Å². The van der Waals surface area contributed by atoms with Crippen LogP contribution in [0.15, 0.2) is 42.5 Å². The number of alkyl halides is 3. The van der Waals surface area contributed by atoms with Gasteiger partial charge < -0.3 is 10.2 Å². The number of rotatable bonds is 5. The molecule has 0 saturated carbocycles. The van der Waals surface area contributed by atoms with E-state index in [-0.39, 0.29) is 19.0 Å². The Morgan fingerprint density at radius 2 is 1.72 bits per heavy atom. The Balaban J connectivity index is 1.47. The third-order valence-electron chi connectivity index (χ3n) is 5.40. The number of hydrogen-bond acceptors (Lipinski definition) is 3. The Bertz CT molecular complexity index is 859. The second-order valence-electron chi connectivity index (χ2n) is 7.46. The van der Waals surface area contributed by atoms with E-state index in [4.69, 9.17) is 0 Å². The lowest BCUT2D eigenvalue weighted by molar-refractivity contribution is -0.137. The fraction of sp³-hybridized carbons (Fsp3) is 0.409. The monoisotopic (exact) mass is 405 g/mol. The maximum absolute atomic E-state index is 12.8. The quantitative estimate of drug-likeness (QED) is 0.823. The molecule has 29 heavy (non-hydrogen) atoms. The van der Waals surface area contributed by atoms with Crippen molar-refractivity contribution in [1.82, 2.24) is 10.2 Å². The summed E-state index contributed by atoms with van der Waals surface area (Å²) in [7, 11) is 0. The molecule has 1 N–H and O–H groups in total. The van der Waals surface area contributed by atoms with Crippen LogP contribution in [0.1, 0.15) is 22.3 Å². The Kier molecular flexibility index (Phi) is 6.47. The van der Waals surface area contributed by atoms with Crippen molar-refractivity contribution in [2.24, 2.45) is 0 Å². The second kappa shape index (κ2) is 8.86. The summed E-state index contributed by atoms with van der Waals surface area (Å²) in [6.07, 6.45) is -4.38. The summed E-state index contributed by atoms with van der Waals surface area (Å²) in [6, 6.07) is 11.3. The van der Waals surface area contributed by atoms with Crippen LogP contribution in [-0.2, 0) is 17.5 Å². The van der Waals surface area contributed by atoms with Crippen molar-refractivity contribution in [2.75, 3.05) is 37.6 Å². The highest BCUT2D eigenvalue weighted by molar-refractivity contribution is 5.78. The molecule has 156 valence electrons. The first kappa shape index (κ1) is 21.2. The van der Waals surface area contributed by atoms with Gasteiger partial charge in [0.15, 0.2) is 0 Å². The molecule has 0 aromatic heterocycles. The molecule has 1 heterocycles. The normalized spacial score (nSPS) is 15.4. The number of piperazine rings is 1. The third kappa shape index (κ3) is 5.50. The van der Waals surface area contributed by atoms with Crippen molar-refractivity contribution < 1.29 is 18.0 Å². The number of halogens is 3. The topological polar surface area (TPSA) is 35.6 Å². The van der Waals surface area contributed by atoms with Crippen LogP contribution in [-0.4, -0.2) is 43.5 Å². The van der Waals surface area contributed by atoms with Crippen LogP contribution in [0.2, 0.25) is 0 Å². The van der Waals surface area contributed by atoms with Crippen LogP contribution < -0.4 is 10.2 Å². The first-order valence-electron chi connectivity index (χ1n) is 9.70. The molecule has 1 saturated heterocycles. The van der Waals surface area contributed by atoms with Gasteiger partial charge in [0.1, 0.15) is 0 Å². The van der Waals surface area contributed by atoms with E-state index in [1.54, 1.807) is 6.07 Å². The minimum absolute atomic E-state index is 0.0885. The molecule has 7 heteroatoms. The fourth-order valence-electron chi connectivity index (χ4n) is 3.54. The molecular weight excluding hydrogens is 379 g/mol. The van der Waals surface area contributed by atoms with Crippen molar-refractivity contribution in [3.05, 3.63) is 64.7 Å². The Morgan fingerprint density at radius 1 is 1.03 bits per heavy atom. The largest absolute Gasteiger partial charge is 0.416 e. The van der Waals surface area contributed by atoms with Crippen LogP contribution >= 0.6 is 0 Å². The average Bonchev–Trinajstić information content (AvgIpc) is 2.69. The number of nitrogens with zero attached hydrogens (tertiary/aromatic N) is 2. The SMILES string of the molecule is Cc1cccc(N2CCN(CC(=O)NCc3cccc(C(F)(F)F)c3)CC2)c1C. The van der Waals surface area contributed by atoms with Crippen molar-refractivity contribution in [3.8, 4) is 0 Å². The zero-order valence-electron chi connectivity index (χ0n) is 16.7. The molecule has 2 aromatic rings. The Morgan fingerprint density at radius 3 is 2.41 bits per heavy atom. The van der Waals surface area contributed by atoms with Crippen molar-refractivity contribution >= 4 is 11.6 Å². The van der Waals surface area contributed by atoms with E-state index in [1.807, 2.05) is 0 Å². The van der Waals surface area contributed by atoms with E-state index in [1.165, 1.54) is 22.9 Å². The molecule has 0 atom stereocenters. The summed E-state index contributed by atoms with van der Waals surface area (Å²) in [5.41, 5.74) is 3.51. The van der Waals surface area contributed by atoms with E-state index in [2.05, 4.69) is 47.2 Å². The van der Waals surface area contributed by atoms with Crippen LogP contribution in [0.5, 0.6) is 0 Å². The second-order valence-corrected chi connectivity index (χ2v) is 7.46. The highest BCUT2D eigenvalue weighted by atomic mass is 19.4. The number of carbonyl (C=O) groups is 1. The van der Waals surface area contributed by atoms with Gasteiger partial charge in [-0.25, -0.2) is 0 Å². The molecule has 0 unspecified atom stereocenters. The minimum Gasteiger partial charge on any atom is -0.369 e. The summed E-state index contributed by atoms with van der Waals surface area (Å²) in [6.45, 7) is 7.78. The third-order valence-corrected chi connectivity index (χ3v) is 5.40. The number of carbonyl (C=O) groups excluding carboxylic acids is 1. The smallest absolute Gasteiger partial charge is 0.369 e. The lowest BCUT2D eigenvalue weighted by Crippen LogP contribution is -2.49. The maximum Gasteiger partial charge on any atom is 0.416 e. The summed E-state index contributed by atoms with van der Waals surface area (Å²) >= 11 is 0. The highest BCUT2D eigenvalue weighted by Gasteiger charge is 2.30. The van der Waals surface area contributed by atoms with Gasteiger partial charge in [-0.05, 0) is 48.7 Å². The molecule has 2 aromatic carbocycles. The highest BCUT2D eigenvalue weighted by Crippen LogP contribution is 2.29. The van der Waals surface area contributed by atoms with Gasteiger partial charge in [-0.3, -0.25) is 9.69 Å². The zero-order valence-corrected chi connectivity index (χ0v) is 16.7. The standard InChI is InChI=1S/C22H26F3N3O/c1-16-5-3-8-20(17(16)2)28-11-9-27(10-12-28)15-21(29)26-14-18-6-4-7-19(13-18)22(23,24)25/h3-8,13H,9-12,14-15H2,1-2H3,(H,26,29). The number of aryl methyl sites for hydroxylation is 1. The summed E-state index contributed by atoms with van der Waals surface area (Å²) in [5, 5.41) is 2.72. The molecule has 3 rings (SSSR count). The first-order chi connectivity index (χ1) is 13.7. The van der Waals surface area contributed by atoms with Gasteiger partial charge in [-0.15, -0.1) is 0 Å². The van der Waals surface area contributed by atoms with Gasteiger partial charge in [-0.2, -0.15) is 13.2 Å². The van der Waals surface area contributed by atoms with Crippen molar-refractivity contribution in [2.45, 2.75) is 26.6 Å². The minimum atomic E-state index is -4.38. The molecule has 0 aliphatic carbocycles. The van der Waals surface area contributed by atoms with Gasteiger partial charge in [0.25, 0.3) is 0 Å². The van der Waals surface area contributed by atoms with Crippen LogP contribution in [0.25, 0.3) is 0 Å². The van der Waals surface area contributed by atoms with E-state index in [0.717, 1.165) is 38.3 Å². The number of anilines is 1. The zero-order chi connectivity index (χ0) is 21.0. The average molecular weight is 405 g/mol. The first-order valence-corrected chi connectivity index (χ1v) is 9.70. The predicted molar refractivity (Wildman–Crippen MR) is 108 cm³/mol. The lowest BCUT2D eigenvalue weighted by Gasteiger charge is -2.36. The van der Waals surface area contributed by atoms with Gasteiger partial charge in [0.05, 0.1) is 12.1 Å². The number of benzene rings is 2. The number of amides is 1. The number of hydrogen-bond donors (Lipinski definition) is 1. The summed E-state index contributed by atoms with van der Waals surface area (Å²) in [4.78, 5) is 16.6. The molecule has 0 radical (unpaired) electrons. The van der Waals surface area contributed by atoms with Crippen LogP contribution in [0.3, 0.4) is 0 Å². The van der Waals surface area contributed by atoms with E-state index in [9.17, 15) is 18.0 Å². The molecule has 1 amide bonds. The molecule has 0 spiro atoms. The Labute approximate surface area is 169 Å². The van der Waals surface area contributed by atoms with Crippen LogP contribution in [0.4, 0.5) is 18.9 Å². The number of nitrogens with one attached hydrogen (secondary N) is 1. The molecule has 4 nitrogen and oxygen atoms in total. The lowest BCUT2D eigenvalue weighted by atomic mass is 10.1. The van der Waals surface area contributed by atoms with E-state index >= 15 is 0 Å². The molecule has 0 bridgehead atoms. The molecular formula is C22H26F3N3O. The van der Waals surface area contributed by atoms with Gasteiger partial charge >= 0.3 is 6.18 Å². The van der Waals surface area contributed by atoms with E-state index in [0.29, 0.717) is 5.56 Å². The van der Waals surface area contributed by atoms with Crippen LogP contribution in [0, 0.1) is 13.8 Å². The van der Waals surface area contributed by atoms with Gasteiger partial charge in [0.2, 0.25) is 5.91 Å². The maximum atomic E-state index is 12.8. The molecule has 1 fully saturated rings.